The van der Waals surface area contributed by atoms with E-state index in [0.717, 1.165) is 37.1 Å². The van der Waals surface area contributed by atoms with E-state index in [2.05, 4.69) is 23.5 Å². The molecule has 30 heavy (non-hydrogen) atoms. The topological polar surface area (TPSA) is 58.6 Å². The Hall–Kier alpha value is -2.05. The minimum Gasteiger partial charge on any atom is -0.490 e. The number of benzene rings is 2. The zero-order chi connectivity index (χ0) is 21.1. The van der Waals surface area contributed by atoms with Crippen LogP contribution >= 0.6 is 0 Å². The number of hydrogen-bond donors (Lipinski definition) is 1. The lowest BCUT2D eigenvalue weighted by Crippen LogP contribution is -2.45. The Kier molecular flexibility index (Phi) is 6.34. The molecule has 2 aromatic carbocycles. The number of hydrogen-bond acceptors (Lipinski definition) is 4. The molecule has 4 rings (SSSR count). The summed E-state index contributed by atoms with van der Waals surface area (Å²) in [7, 11) is -3.60. The molecule has 0 radical (unpaired) electrons. The van der Waals surface area contributed by atoms with Crippen LogP contribution in [0.25, 0.3) is 0 Å². The normalized spacial score (nSPS) is 24.7. The number of ether oxygens (including phenoxy) is 1. The van der Waals surface area contributed by atoms with Crippen molar-refractivity contribution in [2.45, 2.75) is 75.5 Å². The van der Waals surface area contributed by atoms with Gasteiger partial charge in [-0.1, -0.05) is 30.7 Å². The van der Waals surface area contributed by atoms with Gasteiger partial charge in [-0.3, -0.25) is 9.62 Å². The minimum atomic E-state index is -3.60. The van der Waals surface area contributed by atoms with E-state index in [1.54, 1.807) is 30.3 Å². The molecule has 0 spiro atoms. The molecule has 1 N–H and O–H groups in total. The van der Waals surface area contributed by atoms with E-state index in [1.165, 1.54) is 19.3 Å². The van der Waals surface area contributed by atoms with Gasteiger partial charge in [0.15, 0.2) is 0 Å². The van der Waals surface area contributed by atoms with Crippen LogP contribution < -0.4 is 9.46 Å². The van der Waals surface area contributed by atoms with Crippen LogP contribution in [-0.2, 0) is 16.4 Å². The summed E-state index contributed by atoms with van der Waals surface area (Å²) >= 11 is 0. The molecule has 2 aliphatic heterocycles. The Morgan fingerprint density at radius 2 is 1.77 bits per heavy atom. The number of likely N-dealkylation sites (tertiary alicyclic amines) is 1. The van der Waals surface area contributed by atoms with Crippen LogP contribution in [0.1, 0.15) is 51.5 Å². The maximum Gasteiger partial charge on any atom is 0.261 e. The second-order valence-electron chi connectivity index (χ2n) is 8.68. The lowest BCUT2D eigenvalue weighted by molar-refractivity contribution is 0.0760. The van der Waals surface area contributed by atoms with Crippen LogP contribution in [0.5, 0.6) is 5.75 Å². The summed E-state index contributed by atoms with van der Waals surface area (Å²) in [5.74, 6) is 0.805. The van der Waals surface area contributed by atoms with E-state index in [4.69, 9.17) is 4.74 Å². The van der Waals surface area contributed by atoms with Gasteiger partial charge in [-0.25, -0.2) is 8.42 Å². The smallest absolute Gasteiger partial charge is 0.261 e. The van der Waals surface area contributed by atoms with E-state index >= 15 is 0 Å². The van der Waals surface area contributed by atoms with Crippen LogP contribution in [0.4, 0.5) is 5.69 Å². The second-order valence-corrected chi connectivity index (χ2v) is 10.4. The Morgan fingerprint density at radius 3 is 2.50 bits per heavy atom. The summed E-state index contributed by atoms with van der Waals surface area (Å²) in [4.78, 5) is 2.87. The standard InChI is InChI=1S/C24H32N2O3S/c1-18-7-6-8-19(2)26(18)16-15-22-14-12-20-11-13-21(17-24(20)29-22)25-30(27,28)23-9-4-3-5-10-23/h3-5,9-11,13,17-19,22,25H,6-8,12,14-16H2,1-2H3. The number of aryl methyl sites for hydroxylation is 1. The van der Waals surface area contributed by atoms with Gasteiger partial charge in [-0.15, -0.1) is 0 Å². The molecule has 0 saturated carbocycles. The van der Waals surface area contributed by atoms with E-state index in [-0.39, 0.29) is 11.0 Å². The predicted octanol–water partition coefficient (Wildman–Crippen LogP) is 4.83. The molecule has 3 unspecified atom stereocenters. The molecule has 1 saturated heterocycles. The molecule has 1 fully saturated rings. The summed E-state index contributed by atoms with van der Waals surface area (Å²) in [5.41, 5.74) is 1.69. The minimum absolute atomic E-state index is 0.180. The van der Waals surface area contributed by atoms with Gasteiger partial charge in [0.25, 0.3) is 10.0 Å². The number of piperidine rings is 1. The van der Waals surface area contributed by atoms with E-state index in [0.29, 0.717) is 17.8 Å². The maximum atomic E-state index is 12.6. The third kappa shape index (κ3) is 4.81. The zero-order valence-electron chi connectivity index (χ0n) is 17.9. The fraction of sp³-hybridized carbons (Fsp3) is 0.500. The highest BCUT2D eigenvalue weighted by Crippen LogP contribution is 2.33. The van der Waals surface area contributed by atoms with Crippen LogP contribution in [0.3, 0.4) is 0 Å². The third-order valence-electron chi connectivity index (χ3n) is 6.49. The molecular formula is C24H32N2O3S. The molecular weight excluding hydrogens is 396 g/mol. The van der Waals surface area contributed by atoms with Gasteiger partial charge in [0.05, 0.1) is 10.6 Å². The number of anilines is 1. The molecule has 3 atom stereocenters. The van der Waals surface area contributed by atoms with Crippen molar-refractivity contribution in [1.29, 1.82) is 0 Å². The van der Waals surface area contributed by atoms with Crippen molar-refractivity contribution < 1.29 is 13.2 Å². The highest BCUT2D eigenvalue weighted by atomic mass is 32.2. The van der Waals surface area contributed by atoms with Gasteiger partial charge < -0.3 is 4.74 Å². The SMILES string of the molecule is CC1CCCC(C)N1CCC1CCc2ccc(NS(=O)(=O)c3ccccc3)cc2O1. The largest absolute Gasteiger partial charge is 0.490 e. The predicted molar refractivity (Wildman–Crippen MR) is 121 cm³/mol. The number of nitrogens with one attached hydrogen (secondary N) is 1. The van der Waals surface area contributed by atoms with E-state index < -0.39 is 10.0 Å². The van der Waals surface area contributed by atoms with E-state index in [1.807, 2.05) is 18.2 Å². The summed E-state index contributed by atoms with van der Waals surface area (Å²) in [6, 6.07) is 15.3. The summed E-state index contributed by atoms with van der Waals surface area (Å²) < 4.78 is 34.2. The molecule has 0 bridgehead atoms. The average molecular weight is 429 g/mol. The molecule has 2 heterocycles. The van der Waals surface area contributed by atoms with Crippen molar-refractivity contribution in [1.82, 2.24) is 4.90 Å². The first-order valence-electron chi connectivity index (χ1n) is 11.1. The highest BCUT2D eigenvalue weighted by Gasteiger charge is 2.27. The van der Waals surface area contributed by atoms with Gasteiger partial charge in [-0.05, 0) is 69.7 Å². The lowest BCUT2D eigenvalue weighted by Gasteiger charge is -2.40. The molecule has 0 amide bonds. The second kappa shape index (κ2) is 8.98. The van der Waals surface area contributed by atoms with Crippen molar-refractivity contribution in [2.24, 2.45) is 0 Å². The summed E-state index contributed by atoms with van der Waals surface area (Å²) in [5, 5.41) is 0. The lowest BCUT2D eigenvalue weighted by atomic mass is 9.95. The summed E-state index contributed by atoms with van der Waals surface area (Å²) in [6.07, 6.45) is 7.06. The Bertz CT molecular complexity index is 952. The van der Waals surface area contributed by atoms with Crippen molar-refractivity contribution >= 4 is 15.7 Å². The first kappa shape index (κ1) is 21.2. The monoisotopic (exact) mass is 428 g/mol. The molecule has 2 aromatic rings. The first-order valence-corrected chi connectivity index (χ1v) is 12.5. The Labute approximate surface area is 180 Å². The highest BCUT2D eigenvalue weighted by molar-refractivity contribution is 7.92. The number of nitrogens with zero attached hydrogens (tertiary/aromatic N) is 1. The molecule has 6 heteroatoms. The number of sulfonamides is 1. The van der Waals surface area contributed by atoms with Crippen molar-refractivity contribution in [3.63, 3.8) is 0 Å². The van der Waals surface area contributed by atoms with E-state index in [9.17, 15) is 8.42 Å². The van der Waals surface area contributed by atoms with Crippen molar-refractivity contribution in [2.75, 3.05) is 11.3 Å². The average Bonchev–Trinajstić information content (AvgIpc) is 2.73. The van der Waals surface area contributed by atoms with Gasteiger partial charge in [0, 0.05) is 24.7 Å². The molecule has 0 aromatic heterocycles. The van der Waals surface area contributed by atoms with Gasteiger partial charge >= 0.3 is 0 Å². The van der Waals surface area contributed by atoms with Crippen LogP contribution in [0.15, 0.2) is 53.4 Å². The van der Waals surface area contributed by atoms with Gasteiger partial charge in [0.2, 0.25) is 0 Å². The molecule has 2 aliphatic rings. The third-order valence-corrected chi connectivity index (χ3v) is 7.88. The molecule has 0 aliphatic carbocycles. The van der Waals surface area contributed by atoms with Crippen LogP contribution in [0.2, 0.25) is 0 Å². The zero-order valence-corrected chi connectivity index (χ0v) is 18.7. The molecule has 162 valence electrons. The Balaban J connectivity index is 1.41. The maximum absolute atomic E-state index is 12.6. The van der Waals surface area contributed by atoms with Crippen LogP contribution in [0, 0.1) is 0 Å². The van der Waals surface area contributed by atoms with Gasteiger partial charge in [0.1, 0.15) is 11.9 Å². The van der Waals surface area contributed by atoms with Crippen LogP contribution in [-0.4, -0.2) is 38.1 Å². The Morgan fingerprint density at radius 1 is 1.03 bits per heavy atom. The van der Waals surface area contributed by atoms with Crippen molar-refractivity contribution in [3.05, 3.63) is 54.1 Å². The van der Waals surface area contributed by atoms with Crippen molar-refractivity contribution in [3.8, 4) is 5.75 Å². The first-order chi connectivity index (χ1) is 14.4. The quantitative estimate of drug-likeness (QED) is 0.716. The fourth-order valence-electron chi connectivity index (χ4n) is 4.71. The number of fused-ring (bicyclic) bond motifs is 1. The van der Waals surface area contributed by atoms with Gasteiger partial charge in [-0.2, -0.15) is 0 Å². The molecule has 5 nitrogen and oxygen atoms in total. The number of rotatable bonds is 6. The summed E-state index contributed by atoms with van der Waals surface area (Å²) in [6.45, 7) is 5.72. The fourth-order valence-corrected chi connectivity index (χ4v) is 5.79.